The zero-order chi connectivity index (χ0) is 18.7. The van der Waals surface area contributed by atoms with Crippen LogP contribution in [0.15, 0.2) is 11.1 Å². The summed E-state index contributed by atoms with van der Waals surface area (Å²) in [5.41, 5.74) is 0.673. The van der Waals surface area contributed by atoms with Crippen molar-refractivity contribution in [3.05, 3.63) is 27.1 Å². The zero-order valence-corrected chi connectivity index (χ0v) is 16.6. The first-order valence-electron chi connectivity index (χ1n) is 9.45. The van der Waals surface area contributed by atoms with Crippen molar-refractivity contribution >= 4 is 27.5 Å². The number of nitrogens with zero attached hydrogens (tertiary/aromatic N) is 3. The smallest absolute Gasteiger partial charge is 0.264 e. The van der Waals surface area contributed by atoms with Crippen LogP contribution in [-0.4, -0.2) is 46.2 Å². The molecule has 0 radical (unpaired) electrons. The van der Waals surface area contributed by atoms with Crippen molar-refractivity contribution in [3.8, 4) is 0 Å². The number of ether oxygens (including phenoxy) is 1. The second kappa shape index (κ2) is 8.31. The summed E-state index contributed by atoms with van der Waals surface area (Å²) in [6.07, 6.45) is 5.82. The molecule has 1 atom stereocenters. The maximum atomic E-state index is 13.1. The standard InChI is InChI=1S/C19H27N3O3S/c1-4-14-8-6-7-9-22(14)19(24)16-13(3)15-17(26-16)20-12-21(18(15)23)10-11-25-5-2/h12,14H,4-11H2,1-3H3. The van der Waals surface area contributed by atoms with E-state index in [1.807, 2.05) is 18.7 Å². The van der Waals surface area contributed by atoms with Crippen LogP contribution in [0.3, 0.4) is 0 Å². The molecule has 1 fully saturated rings. The molecule has 6 nitrogen and oxygen atoms in total. The van der Waals surface area contributed by atoms with Gasteiger partial charge >= 0.3 is 0 Å². The Kier molecular flexibility index (Phi) is 6.09. The molecule has 26 heavy (non-hydrogen) atoms. The van der Waals surface area contributed by atoms with E-state index >= 15 is 0 Å². The van der Waals surface area contributed by atoms with E-state index in [1.54, 1.807) is 10.9 Å². The fourth-order valence-corrected chi connectivity index (χ4v) is 4.75. The van der Waals surface area contributed by atoms with E-state index in [9.17, 15) is 9.59 Å². The Morgan fingerprint density at radius 3 is 2.92 bits per heavy atom. The molecule has 2 aromatic rings. The van der Waals surface area contributed by atoms with Crippen LogP contribution >= 0.6 is 11.3 Å². The molecule has 142 valence electrons. The third-order valence-corrected chi connectivity index (χ3v) is 6.34. The summed E-state index contributed by atoms with van der Waals surface area (Å²) in [6, 6.07) is 0.302. The van der Waals surface area contributed by atoms with Crippen LogP contribution in [0.1, 0.15) is 54.8 Å². The van der Waals surface area contributed by atoms with Gasteiger partial charge in [-0.05, 0) is 45.1 Å². The first-order chi connectivity index (χ1) is 12.6. The number of likely N-dealkylation sites (tertiary alicyclic amines) is 1. The van der Waals surface area contributed by atoms with Gasteiger partial charge < -0.3 is 9.64 Å². The van der Waals surface area contributed by atoms with Crippen molar-refractivity contribution in [1.29, 1.82) is 0 Å². The van der Waals surface area contributed by atoms with Crippen molar-refractivity contribution in [2.24, 2.45) is 0 Å². The summed E-state index contributed by atoms with van der Waals surface area (Å²) in [5.74, 6) is 0.0531. The first kappa shape index (κ1) is 19.0. The summed E-state index contributed by atoms with van der Waals surface area (Å²) < 4.78 is 6.91. The monoisotopic (exact) mass is 377 g/mol. The lowest BCUT2D eigenvalue weighted by Gasteiger charge is -2.35. The van der Waals surface area contributed by atoms with Gasteiger partial charge in [0.25, 0.3) is 11.5 Å². The number of hydrogen-bond acceptors (Lipinski definition) is 5. The maximum absolute atomic E-state index is 13.1. The number of piperidine rings is 1. The summed E-state index contributed by atoms with van der Waals surface area (Å²) in [5, 5.41) is 0.572. The van der Waals surface area contributed by atoms with Crippen LogP contribution in [0.25, 0.3) is 10.2 Å². The average Bonchev–Trinajstić information content (AvgIpc) is 3.00. The van der Waals surface area contributed by atoms with E-state index in [2.05, 4.69) is 11.9 Å². The average molecular weight is 378 g/mol. The lowest BCUT2D eigenvalue weighted by atomic mass is 9.99. The fourth-order valence-electron chi connectivity index (χ4n) is 3.65. The first-order valence-corrected chi connectivity index (χ1v) is 10.3. The third-order valence-electron chi connectivity index (χ3n) is 5.15. The minimum atomic E-state index is -0.0896. The lowest BCUT2D eigenvalue weighted by molar-refractivity contribution is 0.0612. The third kappa shape index (κ3) is 3.55. The normalized spacial score (nSPS) is 17.8. The van der Waals surface area contributed by atoms with Gasteiger partial charge in [0.2, 0.25) is 0 Å². The summed E-state index contributed by atoms with van der Waals surface area (Å²) in [6.45, 7) is 8.30. The summed E-state index contributed by atoms with van der Waals surface area (Å²) in [4.78, 5) is 33.7. The molecule has 1 saturated heterocycles. The van der Waals surface area contributed by atoms with Crippen molar-refractivity contribution in [1.82, 2.24) is 14.5 Å². The van der Waals surface area contributed by atoms with E-state index in [0.717, 1.165) is 31.4 Å². The number of carbonyl (C=O) groups is 1. The molecule has 1 amide bonds. The number of aryl methyl sites for hydroxylation is 1. The number of fused-ring (bicyclic) bond motifs is 1. The highest BCUT2D eigenvalue weighted by Crippen LogP contribution is 2.30. The van der Waals surface area contributed by atoms with Crippen LogP contribution in [-0.2, 0) is 11.3 Å². The molecule has 0 saturated carbocycles. The van der Waals surface area contributed by atoms with Crippen LogP contribution in [0.2, 0.25) is 0 Å². The van der Waals surface area contributed by atoms with Crippen LogP contribution < -0.4 is 5.56 Å². The highest BCUT2D eigenvalue weighted by molar-refractivity contribution is 7.20. The molecule has 0 spiro atoms. The highest BCUT2D eigenvalue weighted by Gasteiger charge is 2.29. The van der Waals surface area contributed by atoms with Crippen molar-refractivity contribution < 1.29 is 9.53 Å². The highest BCUT2D eigenvalue weighted by atomic mass is 32.1. The second-order valence-corrected chi connectivity index (χ2v) is 7.73. The molecule has 3 rings (SSSR count). The molecular formula is C19H27N3O3S. The molecule has 1 unspecified atom stereocenters. The van der Waals surface area contributed by atoms with E-state index in [1.165, 1.54) is 17.8 Å². The van der Waals surface area contributed by atoms with Gasteiger partial charge in [-0.25, -0.2) is 4.98 Å². The van der Waals surface area contributed by atoms with Gasteiger partial charge in [-0.2, -0.15) is 0 Å². The number of aromatic nitrogens is 2. The number of thiophene rings is 1. The zero-order valence-electron chi connectivity index (χ0n) is 15.8. The van der Waals surface area contributed by atoms with Gasteiger partial charge in [-0.1, -0.05) is 6.92 Å². The molecule has 0 bridgehead atoms. The van der Waals surface area contributed by atoms with Crippen molar-refractivity contribution in [2.75, 3.05) is 19.8 Å². The minimum Gasteiger partial charge on any atom is -0.380 e. The fraction of sp³-hybridized carbons (Fsp3) is 0.632. The van der Waals surface area contributed by atoms with Crippen LogP contribution in [0, 0.1) is 6.92 Å². The van der Waals surface area contributed by atoms with E-state index in [0.29, 0.717) is 40.9 Å². The Morgan fingerprint density at radius 1 is 1.38 bits per heavy atom. The molecule has 3 heterocycles. The summed E-state index contributed by atoms with van der Waals surface area (Å²) >= 11 is 1.34. The van der Waals surface area contributed by atoms with Crippen molar-refractivity contribution in [3.63, 3.8) is 0 Å². The van der Waals surface area contributed by atoms with E-state index < -0.39 is 0 Å². The Labute approximate surface area is 157 Å². The number of carbonyl (C=O) groups excluding carboxylic acids is 1. The number of hydrogen-bond donors (Lipinski definition) is 0. The Hall–Kier alpha value is -1.73. The van der Waals surface area contributed by atoms with Gasteiger partial charge in [0.05, 0.1) is 29.7 Å². The van der Waals surface area contributed by atoms with Crippen LogP contribution in [0.5, 0.6) is 0 Å². The predicted octanol–water partition coefficient (Wildman–Crippen LogP) is 3.21. The Bertz CT molecular complexity index is 842. The minimum absolute atomic E-state index is 0.0531. The molecule has 0 aromatic carbocycles. The number of rotatable bonds is 6. The molecule has 1 aliphatic heterocycles. The molecule has 2 aromatic heterocycles. The SMILES string of the molecule is CCOCCn1cnc2sc(C(=O)N3CCCCC3CC)c(C)c2c1=O. The van der Waals surface area contributed by atoms with Crippen LogP contribution in [0.4, 0.5) is 0 Å². The molecular weight excluding hydrogens is 350 g/mol. The summed E-state index contributed by atoms with van der Waals surface area (Å²) in [7, 11) is 0. The Balaban J connectivity index is 1.95. The Morgan fingerprint density at radius 2 is 2.19 bits per heavy atom. The molecule has 0 N–H and O–H groups in total. The second-order valence-electron chi connectivity index (χ2n) is 6.73. The van der Waals surface area contributed by atoms with Gasteiger partial charge in [-0.3, -0.25) is 14.2 Å². The maximum Gasteiger partial charge on any atom is 0.264 e. The molecule has 1 aliphatic rings. The quantitative estimate of drug-likeness (QED) is 0.725. The van der Waals surface area contributed by atoms with Gasteiger partial charge in [0.15, 0.2) is 0 Å². The van der Waals surface area contributed by atoms with E-state index in [-0.39, 0.29) is 11.5 Å². The molecule has 0 aliphatic carbocycles. The molecule has 7 heteroatoms. The van der Waals surface area contributed by atoms with Gasteiger partial charge in [-0.15, -0.1) is 11.3 Å². The van der Waals surface area contributed by atoms with E-state index in [4.69, 9.17) is 4.74 Å². The van der Waals surface area contributed by atoms with Crippen molar-refractivity contribution in [2.45, 2.75) is 59.0 Å². The van der Waals surface area contributed by atoms with Gasteiger partial charge in [0, 0.05) is 19.2 Å². The topological polar surface area (TPSA) is 64.4 Å². The number of amides is 1. The largest absolute Gasteiger partial charge is 0.380 e. The predicted molar refractivity (Wildman–Crippen MR) is 104 cm³/mol. The lowest BCUT2D eigenvalue weighted by Crippen LogP contribution is -2.43. The van der Waals surface area contributed by atoms with Gasteiger partial charge in [0.1, 0.15) is 4.83 Å².